The van der Waals surface area contributed by atoms with Crippen LogP contribution < -0.4 is 0 Å². The van der Waals surface area contributed by atoms with Crippen molar-refractivity contribution in [3.8, 4) is 0 Å². The largest absolute Gasteiger partial charge is 0.324 e. The van der Waals surface area contributed by atoms with Gasteiger partial charge in [0.05, 0.1) is 16.4 Å². The van der Waals surface area contributed by atoms with Gasteiger partial charge in [0, 0.05) is 6.04 Å². The standard InChI is InChI=1S/C17H22ClFN2/c1-10-4-6-14(8-11(10)2)21-16-9-13(19)5-7-15(16)20-17(21)12(3)18/h5,7,9-12,14H,4,6,8H2,1-3H3. The molecule has 2 nitrogen and oxygen atoms in total. The summed E-state index contributed by atoms with van der Waals surface area (Å²) in [5.41, 5.74) is 1.72. The minimum Gasteiger partial charge on any atom is -0.324 e. The van der Waals surface area contributed by atoms with E-state index in [0.29, 0.717) is 12.0 Å². The third kappa shape index (κ3) is 2.68. The zero-order valence-corrected chi connectivity index (χ0v) is 13.6. The van der Waals surface area contributed by atoms with Crippen molar-refractivity contribution in [2.75, 3.05) is 0 Å². The van der Waals surface area contributed by atoms with Crippen molar-refractivity contribution >= 4 is 22.6 Å². The molecule has 4 unspecified atom stereocenters. The van der Waals surface area contributed by atoms with Crippen molar-refractivity contribution in [1.82, 2.24) is 9.55 Å². The van der Waals surface area contributed by atoms with Crippen LogP contribution >= 0.6 is 11.6 Å². The smallest absolute Gasteiger partial charge is 0.127 e. The normalized spacial score (nSPS) is 28.0. The molecule has 0 N–H and O–H groups in total. The van der Waals surface area contributed by atoms with Gasteiger partial charge in [0.2, 0.25) is 0 Å². The van der Waals surface area contributed by atoms with E-state index >= 15 is 0 Å². The van der Waals surface area contributed by atoms with Gasteiger partial charge in [-0.15, -0.1) is 11.6 Å². The molecule has 1 aliphatic carbocycles. The number of fused-ring (bicyclic) bond motifs is 1. The van der Waals surface area contributed by atoms with Gasteiger partial charge in [-0.2, -0.15) is 0 Å². The summed E-state index contributed by atoms with van der Waals surface area (Å²) < 4.78 is 15.9. The van der Waals surface area contributed by atoms with Crippen molar-refractivity contribution in [1.29, 1.82) is 0 Å². The van der Waals surface area contributed by atoms with Crippen LogP contribution in [0, 0.1) is 17.7 Å². The van der Waals surface area contributed by atoms with Crippen LogP contribution in [0.15, 0.2) is 18.2 Å². The molecule has 0 aliphatic heterocycles. The summed E-state index contributed by atoms with van der Waals surface area (Å²) >= 11 is 6.33. The van der Waals surface area contributed by atoms with Crippen LogP contribution in [0.3, 0.4) is 0 Å². The lowest BCUT2D eigenvalue weighted by atomic mass is 9.79. The zero-order valence-electron chi connectivity index (χ0n) is 12.8. The van der Waals surface area contributed by atoms with Gasteiger partial charge in [0.15, 0.2) is 0 Å². The molecule has 1 aromatic heterocycles. The van der Waals surface area contributed by atoms with Crippen LogP contribution in [0.2, 0.25) is 0 Å². The minimum absolute atomic E-state index is 0.171. The highest BCUT2D eigenvalue weighted by Gasteiger charge is 2.29. The highest BCUT2D eigenvalue weighted by Crippen LogP contribution is 2.40. The van der Waals surface area contributed by atoms with Crippen molar-refractivity contribution < 1.29 is 4.39 Å². The summed E-state index contributed by atoms with van der Waals surface area (Å²) in [6, 6.07) is 5.18. The highest BCUT2D eigenvalue weighted by molar-refractivity contribution is 6.20. The molecule has 4 heteroatoms. The first kappa shape index (κ1) is 14.8. The molecule has 2 aromatic rings. The lowest BCUT2D eigenvalue weighted by Crippen LogP contribution is -2.24. The van der Waals surface area contributed by atoms with E-state index < -0.39 is 0 Å². The lowest BCUT2D eigenvalue weighted by molar-refractivity contribution is 0.211. The van der Waals surface area contributed by atoms with E-state index in [2.05, 4.69) is 23.4 Å². The number of rotatable bonds is 2. The van der Waals surface area contributed by atoms with Crippen LogP contribution in [0.5, 0.6) is 0 Å². The molecule has 1 saturated carbocycles. The number of alkyl halides is 1. The van der Waals surface area contributed by atoms with Crippen LogP contribution in [0.1, 0.15) is 57.3 Å². The fraction of sp³-hybridized carbons (Fsp3) is 0.588. The zero-order chi connectivity index (χ0) is 15.1. The van der Waals surface area contributed by atoms with E-state index in [1.165, 1.54) is 12.5 Å². The molecule has 0 radical (unpaired) electrons. The summed E-state index contributed by atoms with van der Waals surface area (Å²) in [6.45, 7) is 6.56. The third-order valence-electron chi connectivity index (χ3n) is 4.97. The number of nitrogens with zero attached hydrogens (tertiary/aromatic N) is 2. The van der Waals surface area contributed by atoms with Crippen LogP contribution in [-0.2, 0) is 0 Å². The van der Waals surface area contributed by atoms with Gasteiger partial charge in [-0.25, -0.2) is 9.37 Å². The maximum atomic E-state index is 13.7. The Bertz CT molecular complexity index is 650. The first-order valence-electron chi connectivity index (χ1n) is 7.78. The fourth-order valence-electron chi connectivity index (χ4n) is 3.50. The van der Waals surface area contributed by atoms with E-state index in [-0.39, 0.29) is 11.2 Å². The quantitative estimate of drug-likeness (QED) is 0.672. The second-order valence-electron chi connectivity index (χ2n) is 6.51. The molecule has 21 heavy (non-hydrogen) atoms. The summed E-state index contributed by atoms with van der Waals surface area (Å²) in [5.74, 6) is 2.08. The second kappa shape index (κ2) is 5.60. The molecule has 114 valence electrons. The number of imidazole rings is 1. The molecule has 0 amide bonds. The first-order chi connectivity index (χ1) is 9.97. The summed E-state index contributed by atoms with van der Waals surface area (Å²) in [7, 11) is 0. The molecular weight excluding hydrogens is 287 g/mol. The highest BCUT2D eigenvalue weighted by atomic mass is 35.5. The third-order valence-corrected chi connectivity index (χ3v) is 5.17. The Balaban J connectivity index is 2.10. The van der Waals surface area contributed by atoms with Gasteiger partial charge in [-0.05, 0) is 56.2 Å². The number of aromatic nitrogens is 2. The molecular formula is C17H22ClFN2. The topological polar surface area (TPSA) is 17.8 Å². The Morgan fingerprint density at radius 1 is 1.29 bits per heavy atom. The van der Waals surface area contributed by atoms with Crippen molar-refractivity contribution in [2.24, 2.45) is 11.8 Å². The molecule has 1 heterocycles. The Hall–Kier alpha value is -1.09. The van der Waals surface area contributed by atoms with Gasteiger partial charge in [-0.3, -0.25) is 0 Å². The summed E-state index contributed by atoms with van der Waals surface area (Å²) in [4.78, 5) is 4.64. The molecule has 0 bridgehead atoms. The average Bonchev–Trinajstić information content (AvgIpc) is 2.80. The van der Waals surface area contributed by atoms with Crippen molar-refractivity contribution in [2.45, 2.75) is 51.5 Å². The molecule has 1 aliphatic rings. The van der Waals surface area contributed by atoms with E-state index in [9.17, 15) is 4.39 Å². The summed E-state index contributed by atoms with van der Waals surface area (Å²) in [6.07, 6.45) is 3.43. The number of halogens is 2. The van der Waals surface area contributed by atoms with E-state index in [1.54, 1.807) is 12.1 Å². The van der Waals surface area contributed by atoms with Gasteiger partial charge >= 0.3 is 0 Å². The first-order valence-corrected chi connectivity index (χ1v) is 8.22. The minimum atomic E-state index is -0.213. The van der Waals surface area contributed by atoms with Gasteiger partial charge in [-0.1, -0.05) is 13.8 Å². The van der Waals surface area contributed by atoms with E-state index in [4.69, 9.17) is 11.6 Å². The molecule has 0 spiro atoms. The average molecular weight is 309 g/mol. The van der Waals surface area contributed by atoms with Crippen LogP contribution in [0.25, 0.3) is 11.0 Å². The maximum Gasteiger partial charge on any atom is 0.127 e. The Morgan fingerprint density at radius 2 is 2.05 bits per heavy atom. The molecule has 3 rings (SSSR count). The predicted molar refractivity (Wildman–Crippen MR) is 85.2 cm³/mol. The monoisotopic (exact) mass is 308 g/mol. The van der Waals surface area contributed by atoms with Gasteiger partial charge < -0.3 is 4.57 Å². The number of hydrogen-bond acceptors (Lipinski definition) is 1. The Labute approximate surface area is 130 Å². The summed E-state index contributed by atoms with van der Waals surface area (Å²) in [5, 5.41) is -0.171. The van der Waals surface area contributed by atoms with Crippen LogP contribution in [-0.4, -0.2) is 9.55 Å². The van der Waals surface area contributed by atoms with E-state index in [1.807, 2.05) is 6.92 Å². The maximum absolute atomic E-state index is 13.7. The molecule has 4 atom stereocenters. The SMILES string of the molecule is CC(Cl)c1nc2ccc(F)cc2n1C1CCC(C)C(C)C1. The Morgan fingerprint density at radius 3 is 2.71 bits per heavy atom. The lowest BCUT2D eigenvalue weighted by Gasteiger charge is -2.34. The molecule has 0 saturated heterocycles. The molecule has 1 fully saturated rings. The van der Waals surface area contributed by atoms with Crippen molar-refractivity contribution in [3.05, 3.63) is 29.8 Å². The van der Waals surface area contributed by atoms with Gasteiger partial charge in [0.25, 0.3) is 0 Å². The fourth-order valence-corrected chi connectivity index (χ4v) is 3.66. The number of benzene rings is 1. The predicted octanol–water partition coefficient (Wildman–Crippen LogP) is 5.47. The Kier molecular flexibility index (Phi) is 3.96. The van der Waals surface area contributed by atoms with E-state index in [0.717, 1.165) is 35.6 Å². The number of hydrogen-bond donors (Lipinski definition) is 0. The van der Waals surface area contributed by atoms with Crippen molar-refractivity contribution in [3.63, 3.8) is 0 Å². The second-order valence-corrected chi connectivity index (χ2v) is 7.17. The van der Waals surface area contributed by atoms with Crippen LogP contribution in [0.4, 0.5) is 4.39 Å². The molecule has 1 aromatic carbocycles. The van der Waals surface area contributed by atoms with Gasteiger partial charge in [0.1, 0.15) is 11.6 Å².